The van der Waals surface area contributed by atoms with E-state index in [0.29, 0.717) is 0 Å². The molecule has 3 atom stereocenters. The van der Waals surface area contributed by atoms with Crippen molar-refractivity contribution >= 4 is 23.2 Å². The van der Waals surface area contributed by atoms with E-state index in [1.807, 2.05) is 29.8 Å². The van der Waals surface area contributed by atoms with Crippen LogP contribution < -0.4 is 0 Å². The number of hydrogen-bond donors (Lipinski definition) is 0. The van der Waals surface area contributed by atoms with Crippen LogP contribution in [-0.4, -0.2) is 23.2 Å². The van der Waals surface area contributed by atoms with Gasteiger partial charge in [0.15, 0.2) is 6.10 Å². The highest BCUT2D eigenvalue weighted by atomic mass is 32.2. The molecule has 3 unspecified atom stereocenters. The molecule has 0 amide bonds. The van der Waals surface area contributed by atoms with Crippen molar-refractivity contribution in [3.05, 3.63) is 71.8 Å². The predicted molar refractivity (Wildman–Crippen MR) is 91.6 cm³/mol. The second-order valence-electron chi connectivity index (χ2n) is 5.38. The molecule has 0 radical (unpaired) electrons. The summed E-state index contributed by atoms with van der Waals surface area (Å²) in [6.07, 6.45) is -0.0700. The Morgan fingerprint density at radius 3 is 2.23 bits per heavy atom. The van der Waals surface area contributed by atoms with Gasteiger partial charge in [0, 0.05) is 5.75 Å². The van der Waals surface area contributed by atoms with Gasteiger partial charge in [0.25, 0.3) is 0 Å². The largest absolute Gasteiger partial charge is 0.469 e. The minimum atomic E-state index is -0.0700. The van der Waals surface area contributed by atoms with Crippen LogP contribution in [0.1, 0.15) is 23.3 Å². The Hall–Kier alpha value is -2.07. The zero-order valence-electron chi connectivity index (χ0n) is 12.0. The van der Waals surface area contributed by atoms with Crippen LogP contribution in [-0.2, 0) is 4.74 Å². The molecule has 0 bridgehead atoms. The van der Waals surface area contributed by atoms with Gasteiger partial charge in [0.05, 0.1) is 5.55 Å². The van der Waals surface area contributed by atoms with Crippen LogP contribution >= 0.6 is 11.8 Å². The summed E-state index contributed by atoms with van der Waals surface area (Å²) in [4.78, 5) is 9.32. The van der Waals surface area contributed by atoms with Gasteiger partial charge in [-0.2, -0.15) is 0 Å². The molecule has 2 heterocycles. The fourth-order valence-electron chi connectivity index (χ4n) is 2.82. The molecule has 0 spiro atoms. The number of hydrogen-bond acceptors (Lipinski definition) is 4. The smallest absolute Gasteiger partial charge is 0.211 e. The van der Waals surface area contributed by atoms with Crippen molar-refractivity contribution in [2.75, 3.05) is 5.75 Å². The summed E-state index contributed by atoms with van der Waals surface area (Å²) in [5.74, 6) is 1.69. The second-order valence-corrected chi connectivity index (χ2v) is 6.25. The van der Waals surface area contributed by atoms with E-state index in [2.05, 4.69) is 41.4 Å². The van der Waals surface area contributed by atoms with E-state index in [0.717, 1.165) is 17.2 Å². The number of aliphatic imine (C=N–C) groups is 2. The monoisotopic (exact) mass is 308 g/mol. The van der Waals surface area contributed by atoms with Gasteiger partial charge in [0.2, 0.25) is 5.90 Å². The van der Waals surface area contributed by atoms with E-state index >= 15 is 0 Å². The number of rotatable bonds is 3. The molecule has 0 saturated carbocycles. The quantitative estimate of drug-likeness (QED) is 0.857. The van der Waals surface area contributed by atoms with Gasteiger partial charge >= 0.3 is 0 Å². The maximum absolute atomic E-state index is 6.22. The van der Waals surface area contributed by atoms with Crippen LogP contribution in [0.3, 0.4) is 0 Å². The van der Waals surface area contributed by atoms with Crippen LogP contribution in [0.2, 0.25) is 0 Å². The fraction of sp³-hybridized carbons (Fsp3) is 0.222. The number of nitrogens with zero attached hydrogens (tertiary/aromatic N) is 2. The molecule has 4 rings (SSSR count). The molecule has 110 valence electrons. The van der Waals surface area contributed by atoms with Crippen molar-refractivity contribution in [1.82, 2.24) is 0 Å². The van der Waals surface area contributed by atoms with Gasteiger partial charge in [-0.15, -0.1) is 11.8 Å². The molecule has 0 fully saturated rings. The van der Waals surface area contributed by atoms with E-state index in [9.17, 15) is 0 Å². The summed E-state index contributed by atoms with van der Waals surface area (Å²) in [5, 5.41) is 0. The normalized spacial score (nSPS) is 26.7. The Morgan fingerprint density at radius 1 is 0.909 bits per heavy atom. The molecule has 4 heteroatoms. The Bertz CT molecular complexity index is 700. The van der Waals surface area contributed by atoms with Crippen LogP contribution in [0.25, 0.3) is 0 Å². The van der Waals surface area contributed by atoms with Crippen molar-refractivity contribution in [3.63, 3.8) is 0 Å². The van der Waals surface area contributed by atoms with Crippen molar-refractivity contribution in [1.29, 1.82) is 0 Å². The Kier molecular flexibility index (Phi) is 3.69. The summed E-state index contributed by atoms with van der Waals surface area (Å²) in [6.45, 7) is 0. The van der Waals surface area contributed by atoms with Crippen molar-refractivity contribution in [2.24, 2.45) is 9.98 Å². The third kappa shape index (κ3) is 2.55. The van der Waals surface area contributed by atoms with Gasteiger partial charge in [-0.05, 0) is 11.1 Å². The first-order valence-corrected chi connectivity index (χ1v) is 8.44. The zero-order valence-corrected chi connectivity index (χ0v) is 12.8. The standard InChI is InChI=1S/C18H16N2OS/c1-3-7-13(8-4-1)16-17(14-9-5-2-6-10-14)21-18(20-16)15-11-22-12-19-15/h1-10,12,15-17H,11H2. The Morgan fingerprint density at radius 2 is 1.59 bits per heavy atom. The average molecular weight is 308 g/mol. The molecule has 3 nitrogen and oxygen atoms in total. The second kappa shape index (κ2) is 5.97. The highest BCUT2D eigenvalue weighted by Crippen LogP contribution is 2.41. The lowest BCUT2D eigenvalue weighted by Crippen LogP contribution is -2.19. The highest BCUT2D eigenvalue weighted by molar-refractivity contribution is 8.12. The van der Waals surface area contributed by atoms with Crippen molar-refractivity contribution in [2.45, 2.75) is 18.2 Å². The summed E-state index contributed by atoms with van der Waals surface area (Å²) in [6, 6.07) is 20.7. The lowest BCUT2D eigenvalue weighted by Gasteiger charge is -2.18. The number of benzene rings is 2. The van der Waals surface area contributed by atoms with Crippen LogP contribution in [0.5, 0.6) is 0 Å². The Labute approximate surface area is 134 Å². The number of ether oxygens (including phenoxy) is 1. The lowest BCUT2D eigenvalue weighted by atomic mass is 9.97. The molecule has 2 aliphatic heterocycles. The average Bonchev–Trinajstić information content (AvgIpc) is 3.26. The topological polar surface area (TPSA) is 34.0 Å². The third-order valence-corrected chi connectivity index (χ3v) is 4.70. The first-order chi connectivity index (χ1) is 10.9. The highest BCUT2D eigenvalue weighted by Gasteiger charge is 2.36. The molecule has 22 heavy (non-hydrogen) atoms. The molecular formula is C18H16N2OS. The van der Waals surface area contributed by atoms with E-state index in [4.69, 9.17) is 9.73 Å². The molecule has 0 aromatic heterocycles. The van der Waals surface area contributed by atoms with Gasteiger partial charge in [-0.25, -0.2) is 4.99 Å². The van der Waals surface area contributed by atoms with Crippen LogP contribution in [0.15, 0.2) is 70.6 Å². The van der Waals surface area contributed by atoms with E-state index < -0.39 is 0 Å². The molecular weight excluding hydrogens is 292 g/mol. The van der Waals surface area contributed by atoms with Gasteiger partial charge in [-0.3, -0.25) is 4.99 Å². The summed E-state index contributed by atoms with van der Waals surface area (Å²) >= 11 is 1.71. The summed E-state index contributed by atoms with van der Waals surface area (Å²) in [7, 11) is 0. The first-order valence-electron chi connectivity index (χ1n) is 7.39. The predicted octanol–water partition coefficient (Wildman–Crippen LogP) is 4.04. The minimum Gasteiger partial charge on any atom is -0.469 e. The maximum atomic E-state index is 6.22. The summed E-state index contributed by atoms with van der Waals surface area (Å²) in [5.41, 5.74) is 4.23. The van der Waals surface area contributed by atoms with Gasteiger partial charge in [0.1, 0.15) is 12.1 Å². The van der Waals surface area contributed by atoms with E-state index in [1.54, 1.807) is 11.8 Å². The molecule has 2 aromatic rings. The Balaban J connectivity index is 1.70. The van der Waals surface area contributed by atoms with Crippen LogP contribution in [0, 0.1) is 0 Å². The lowest BCUT2D eigenvalue weighted by molar-refractivity contribution is 0.190. The van der Waals surface area contributed by atoms with E-state index in [1.165, 1.54) is 5.56 Å². The molecule has 0 N–H and O–H groups in total. The fourth-order valence-corrected chi connectivity index (χ4v) is 3.55. The minimum absolute atomic E-state index is 0.000556. The third-order valence-electron chi connectivity index (χ3n) is 3.92. The van der Waals surface area contributed by atoms with Gasteiger partial charge < -0.3 is 4.74 Å². The van der Waals surface area contributed by atoms with Crippen molar-refractivity contribution < 1.29 is 4.74 Å². The van der Waals surface area contributed by atoms with Crippen LogP contribution in [0.4, 0.5) is 0 Å². The molecule has 0 saturated heterocycles. The van der Waals surface area contributed by atoms with E-state index in [-0.39, 0.29) is 18.2 Å². The number of thioether (sulfide) groups is 1. The maximum Gasteiger partial charge on any atom is 0.211 e. The zero-order chi connectivity index (χ0) is 14.8. The molecule has 0 aliphatic carbocycles. The SMILES string of the molecule is C1=NC(C2=NC(c3ccccc3)C(c3ccccc3)O2)CS1. The first kappa shape index (κ1) is 13.6. The molecule has 2 aliphatic rings. The van der Waals surface area contributed by atoms with Gasteiger partial charge in [-0.1, -0.05) is 60.7 Å². The summed E-state index contributed by atoms with van der Waals surface area (Å²) < 4.78 is 6.22. The molecule has 2 aromatic carbocycles. The van der Waals surface area contributed by atoms with Crippen molar-refractivity contribution in [3.8, 4) is 0 Å².